The van der Waals surface area contributed by atoms with Gasteiger partial charge in [0.15, 0.2) is 5.82 Å². The van der Waals surface area contributed by atoms with Crippen molar-refractivity contribution >= 4 is 11.5 Å². The first kappa shape index (κ1) is 12.0. The summed E-state index contributed by atoms with van der Waals surface area (Å²) in [6, 6.07) is 9.03. The van der Waals surface area contributed by atoms with Crippen LogP contribution < -0.4 is 10.6 Å². The highest BCUT2D eigenvalue weighted by atomic mass is 15.4. The van der Waals surface area contributed by atoms with Gasteiger partial charge in [0.2, 0.25) is 0 Å². The predicted octanol–water partition coefficient (Wildman–Crippen LogP) is 2.92. The number of nitrogens with zero attached hydrogens (tertiary/aromatic N) is 2. The van der Waals surface area contributed by atoms with Crippen molar-refractivity contribution in [1.29, 1.82) is 0 Å². The maximum Gasteiger partial charge on any atom is 0.157 e. The van der Waals surface area contributed by atoms with E-state index in [1.165, 1.54) is 29.7 Å². The van der Waals surface area contributed by atoms with Gasteiger partial charge in [-0.2, -0.15) is 5.10 Å². The summed E-state index contributed by atoms with van der Waals surface area (Å²) >= 11 is 0. The number of aromatic nitrogens is 2. The Morgan fingerprint density at radius 2 is 2.15 bits per heavy atom. The monoisotopic (exact) mass is 268 g/mol. The van der Waals surface area contributed by atoms with Gasteiger partial charge < -0.3 is 10.6 Å². The molecule has 4 nitrogen and oxygen atoms in total. The van der Waals surface area contributed by atoms with Gasteiger partial charge in [0, 0.05) is 36.5 Å². The summed E-state index contributed by atoms with van der Waals surface area (Å²) in [5.41, 5.74) is 5.20. The van der Waals surface area contributed by atoms with Gasteiger partial charge >= 0.3 is 0 Å². The first-order valence-electron chi connectivity index (χ1n) is 7.46. The topological polar surface area (TPSA) is 41.9 Å². The smallest absolute Gasteiger partial charge is 0.157 e. The van der Waals surface area contributed by atoms with Crippen LogP contribution in [-0.4, -0.2) is 16.3 Å². The Morgan fingerprint density at radius 3 is 2.95 bits per heavy atom. The zero-order valence-electron chi connectivity index (χ0n) is 11.8. The van der Waals surface area contributed by atoms with E-state index in [1.807, 2.05) is 0 Å². The fourth-order valence-electron chi connectivity index (χ4n) is 2.94. The fraction of sp³-hybridized carbons (Fsp3) is 0.438. The summed E-state index contributed by atoms with van der Waals surface area (Å²) in [5.74, 6) is 1.04. The zero-order valence-corrected chi connectivity index (χ0v) is 11.8. The quantitative estimate of drug-likeness (QED) is 0.899. The van der Waals surface area contributed by atoms with Crippen LogP contribution in [0.15, 0.2) is 24.3 Å². The summed E-state index contributed by atoms with van der Waals surface area (Å²) in [7, 11) is 0. The average molecular weight is 268 g/mol. The van der Waals surface area contributed by atoms with Crippen LogP contribution in [0.5, 0.6) is 0 Å². The number of nitrogens with one attached hydrogen (secondary N) is 2. The first-order chi connectivity index (χ1) is 9.83. The second-order valence-electron chi connectivity index (χ2n) is 5.82. The number of hydrogen-bond acceptors (Lipinski definition) is 3. The van der Waals surface area contributed by atoms with E-state index in [0.717, 1.165) is 31.0 Å². The molecule has 1 aromatic carbocycles. The van der Waals surface area contributed by atoms with Gasteiger partial charge in [0.05, 0.1) is 6.04 Å². The van der Waals surface area contributed by atoms with E-state index >= 15 is 0 Å². The normalized spacial score (nSPS) is 17.9. The van der Waals surface area contributed by atoms with Gasteiger partial charge in [-0.15, -0.1) is 0 Å². The number of rotatable bonds is 3. The van der Waals surface area contributed by atoms with Crippen LogP contribution in [0.25, 0.3) is 0 Å². The fourth-order valence-corrected chi connectivity index (χ4v) is 2.94. The Balaban J connectivity index is 1.72. The van der Waals surface area contributed by atoms with Crippen molar-refractivity contribution in [3.8, 4) is 0 Å². The minimum Gasteiger partial charge on any atom is -0.338 e. The van der Waals surface area contributed by atoms with Crippen molar-refractivity contribution in [3.63, 3.8) is 0 Å². The van der Waals surface area contributed by atoms with Crippen LogP contribution in [0.3, 0.4) is 0 Å². The van der Waals surface area contributed by atoms with E-state index in [0.29, 0.717) is 6.04 Å². The standard InChI is InChI=1S/C16H20N4/c1-11-4-2-3-5-14(11)18-16-13-10-17-9-8-15(13)20(19-16)12-6-7-12/h2-5,12,17H,6-10H2,1H3,(H,18,19). The lowest BCUT2D eigenvalue weighted by atomic mass is 10.1. The lowest BCUT2D eigenvalue weighted by molar-refractivity contribution is 0.562. The van der Waals surface area contributed by atoms with E-state index in [-0.39, 0.29) is 0 Å². The highest BCUT2D eigenvalue weighted by molar-refractivity contribution is 5.63. The SMILES string of the molecule is Cc1ccccc1Nc1nn(C2CC2)c2c1CNCC2. The van der Waals surface area contributed by atoms with Crippen LogP contribution in [0.4, 0.5) is 11.5 Å². The maximum absolute atomic E-state index is 4.86. The van der Waals surface area contributed by atoms with Gasteiger partial charge in [-0.25, -0.2) is 0 Å². The molecule has 2 aromatic rings. The molecule has 4 heteroatoms. The molecule has 2 aliphatic rings. The molecule has 104 valence electrons. The molecule has 0 amide bonds. The highest BCUT2D eigenvalue weighted by Gasteiger charge is 2.30. The van der Waals surface area contributed by atoms with Crippen LogP contribution >= 0.6 is 0 Å². The Hall–Kier alpha value is -1.81. The molecule has 1 saturated carbocycles. The van der Waals surface area contributed by atoms with Gasteiger partial charge in [-0.3, -0.25) is 4.68 Å². The lowest BCUT2D eigenvalue weighted by Gasteiger charge is -2.15. The molecule has 0 saturated heterocycles. The molecule has 1 fully saturated rings. The number of benzene rings is 1. The first-order valence-corrected chi connectivity index (χ1v) is 7.46. The minimum atomic E-state index is 0.647. The van der Waals surface area contributed by atoms with Crippen molar-refractivity contribution in [3.05, 3.63) is 41.1 Å². The molecule has 4 rings (SSSR count). The third kappa shape index (κ3) is 2.00. The van der Waals surface area contributed by atoms with Crippen LogP contribution in [0, 0.1) is 6.92 Å². The molecule has 0 bridgehead atoms. The zero-order chi connectivity index (χ0) is 13.5. The molecule has 0 atom stereocenters. The number of para-hydroxylation sites is 1. The van der Waals surface area contributed by atoms with E-state index < -0.39 is 0 Å². The number of aryl methyl sites for hydroxylation is 1. The Morgan fingerprint density at radius 1 is 1.30 bits per heavy atom. The Labute approximate surface area is 119 Å². The molecule has 2 N–H and O–H groups in total. The number of fused-ring (bicyclic) bond motifs is 1. The maximum atomic E-state index is 4.86. The summed E-state index contributed by atoms with van der Waals surface area (Å²) in [4.78, 5) is 0. The van der Waals surface area contributed by atoms with Gasteiger partial charge in [0.25, 0.3) is 0 Å². The van der Waals surface area contributed by atoms with Crippen molar-refractivity contribution in [2.45, 2.75) is 38.8 Å². The van der Waals surface area contributed by atoms with Crippen LogP contribution in [0.2, 0.25) is 0 Å². The molecule has 1 aromatic heterocycles. The summed E-state index contributed by atoms with van der Waals surface area (Å²) in [6.07, 6.45) is 3.66. The highest BCUT2D eigenvalue weighted by Crippen LogP contribution is 2.39. The molecule has 1 aliphatic heterocycles. The number of anilines is 2. The minimum absolute atomic E-state index is 0.647. The molecule has 0 radical (unpaired) electrons. The third-order valence-corrected chi connectivity index (χ3v) is 4.25. The third-order valence-electron chi connectivity index (χ3n) is 4.25. The van der Waals surface area contributed by atoms with E-state index in [4.69, 9.17) is 5.10 Å². The predicted molar refractivity (Wildman–Crippen MR) is 80.4 cm³/mol. The van der Waals surface area contributed by atoms with Crippen molar-refractivity contribution in [1.82, 2.24) is 15.1 Å². The Bertz CT molecular complexity index is 640. The molecule has 1 aliphatic carbocycles. The lowest BCUT2D eigenvalue weighted by Crippen LogP contribution is -2.24. The summed E-state index contributed by atoms with van der Waals surface area (Å²) < 4.78 is 2.27. The van der Waals surface area contributed by atoms with Crippen molar-refractivity contribution < 1.29 is 0 Å². The van der Waals surface area contributed by atoms with Gasteiger partial charge in [-0.05, 0) is 31.4 Å². The van der Waals surface area contributed by atoms with E-state index in [2.05, 4.69) is 46.5 Å². The van der Waals surface area contributed by atoms with E-state index in [9.17, 15) is 0 Å². The molecular formula is C16H20N4. The summed E-state index contributed by atoms with van der Waals surface area (Å²) in [6.45, 7) is 4.12. The molecule has 0 spiro atoms. The summed E-state index contributed by atoms with van der Waals surface area (Å²) in [5, 5.41) is 11.8. The van der Waals surface area contributed by atoms with Crippen LogP contribution in [-0.2, 0) is 13.0 Å². The van der Waals surface area contributed by atoms with Crippen LogP contribution in [0.1, 0.15) is 35.7 Å². The Kier molecular flexibility index (Phi) is 2.77. The van der Waals surface area contributed by atoms with Gasteiger partial charge in [0.1, 0.15) is 0 Å². The van der Waals surface area contributed by atoms with Crippen molar-refractivity contribution in [2.75, 3.05) is 11.9 Å². The molecule has 20 heavy (non-hydrogen) atoms. The van der Waals surface area contributed by atoms with Crippen molar-refractivity contribution in [2.24, 2.45) is 0 Å². The second kappa shape index (κ2) is 4.63. The average Bonchev–Trinajstić information content (AvgIpc) is 3.25. The molecule has 0 unspecified atom stereocenters. The number of hydrogen-bond donors (Lipinski definition) is 2. The molecular weight excluding hydrogens is 248 g/mol. The molecule has 2 heterocycles. The largest absolute Gasteiger partial charge is 0.338 e. The second-order valence-corrected chi connectivity index (χ2v) is 5.82. The van der Waals surface area contributed by atoms with E-state index in [1.54, 1.807) is 0 Å². The van der Waals surface area contributed by atoms with Gasteiger partial charge in [-0.1, -0.05) is 18.2 Å².